The Morgan fingerprint density at radius 1 is 1.39 bits per heavy atom. The van der Waals surface area contributed by atoms with Gasteiger partial charge in [0.2, 0.25) is 0 Å². The van der Waals surface area contributed by atoms with Crippen molar-refractivity contribution in [3.05, 3.63) is 47.2 Å². The van der Waals surface area contributed by atoms with Gasteiger partial charge in [-0.2, -0.15) is 5.10 Å². The topological polar surface area (TPSA) is 55.9 Å². The SMILES string of the molecule is CCn1cc(C(CN)Nc2ccc(Cl)cc2)cn1. The highest BCUT2D eigenvalue weighted by molar-refractivity contribution is 6.30. The number of nitrogens with two attached hydrogens (primary N) is 1. The van der Waals surface area contributed by atoms with E-state index in [2.05, 4.69) is 17.3 Å². The van der Waals surface area contributed by atoms with E-state index in [1.165, 1.54) is 0 Å². The van der Waals surface area contributed by atoms with Crippen LogP contribution in [0, 0.1) is 0 Å². The van der Waals surface area contributed by atoms with Gasteiger partial charge in [0.25, 0.3) is 0 Å². The second kappa shape index (κ2) is 5.89. The molecule has 0 spiro atoms. The van der Waals surface area contributed by atoms with Crippen molar-refractivity contribution in [3.8, 4) is 0 Å². The molecule has 1 aromatic heterocycles. The monoisotopic (exact) mass is 264 g/mol. The Balaban J connectivity index is 2.11. The summed E-state index contributed by atoms with van der Waals surface area (Å²) < 4.78 is 1.89. The van der Waals surface area contributed by atoms with E-state index in [0.717, 1.165) is 22.8 Å². The molecular formula is C13H17ClN4. The Kier molecular flexibility index (Phi) is 4.23. The number of hydrogen-bond donors (Lipinski definition) is 2. The number of nitrogens with one attached hydrogen (secondary N) is 1. The van der Waals surface area contributed by atoms with Crippen LogP contribution >= 0.6 is 11.6 Å². The molecule has 4 nitrogen and oxygen atoms in total. The molecule has 0 fully saturated rings. The Hall–Kier alpha value is -1.52. The van der Waals surface area contributed by atoms with Crippen LogP contribution in [0.3, 0.4) is 0 Å². The molecule has 96 valence electrons. The fourth-order valence-electron chi connectivity index (χ4n) is 1.76. The standard InChI is InChI=1S/C13H17ClN4/c1-2-18-9-10(8-16-18)13(7-15)17-12-5-3-11(14)4-6-12/h3-6,8-9,13,17H,2,7,15H2,1H3. The molecule has 0 saturated carbocycles. The maximum Gasteiger partial charge on any atom is 0.0667 e. The second-order valence-electron chi connectivity index (χ2n) is 4.07. The molecule has 2 aromatic rings. The number of benzene rings is 1. The van der Waals surface area contributed by atoms with Crippen molar-refractivity contribution < 1.29 is 0 Å². The number of aromatic nitrogens is 2. The molecule has 0 aliphatic heterocycles. The molecule has 5 heteroatoms. The molecule has 0 aliphatic rings. The molecule has 1 heterocycles. The van der Waals surface area contributed by atoms with Gasteiger partial charge in [0.05, 0.1) is 12.2 Å². The Labute approximate surface area is 112 Å². The van der Waals surface area contributed by atoms with Crippen molar-refractivity contribution in [2.24, 2.45) is 5.73 Å². The van der Waals surface area contributed by atoms with Crippen molar-refractivity contribution in [2.45, 2.75) is 19.5 Å². The van der Waals surface area contributed by atoms with E-state index >= 15 is 0 Å². The Morgan fingerprint density at radius 2 is 2.11 bits per heavy atom. The van der Waals surface area contributed by atoms with E-state index < -0.39 is 0 Å². The van der Waals surface area contributed by atoms with Crippen molar-refractivity contribution in [1.82, 2.24) is 9.78 Å². The maximum absolute atomic E-state index is 5.86. The maximum atomic E-state index is 5.86. The van der Waals surface area contributed by atoms with Crippen LogP contribution in [0.5, 0.6) is 0 Å². The number of rotatable bonds is 5. The van der Waals surface area contributed by atoms with Crippen LogP contribution in [-0.4, -0.2) is 16.3 Å². The fraction of sp³-hybridized carbons (Fsp3) is 0.308. The van der Waals surface area contributed by atoms with Crippen LogP contribution in [0.15, 0.2) is 36.7 Å². The van der Waals surface area contributed by atoms with Gasteiger partial charge in [-0.1, -0.05) is 11.6 Å². The summed E-state index contributed by atoms with van der Waals surface area (Å²) in [7, 11) is 0. The third-order valence-corrected chi connectivity index (χ3v) is 3.05. The zero-order chi connectivity index (χ0) is 13.0. The second-order valence-corrected chi connectivity index (χ2v) is 4.51. The molecule has 3 N–H and O–H groups in total. The van der Waals surface area contributed by atoms with Crippen LogP contribution in [-0.2, 0) is 6.54 Å². The zero-order valence-electron chi connectivity index (χ0n) is 10.3. The summed E-state index contributed by atoms with van der Waals surface area (Å²) in [5.74, 6) is 0. The molecular weight excluding hydrogens is 248 g/mol. The van der Waals surface area contributed by atoms with Crippen LogP contribution in [0.4, 0.5) is 5.69 Å². The molecule has 1 atom stereocenters. The lowest BCUT2D eigenvalue weighted by Gasteiger charge is -2.16. The van der Waals surface area contributed by atoms with E-state index in [0.29, 0.717) is 6.54 Å². The third kappa shape index (κ3) is 3.03. The summed E-state index contributed by atoms with van der Waals surface area (Å²) in [6, 6.07) is 7.65. The average Bonchev–Trinajstić information content (AvgIpc) is 2.87. The van der Waals surface area contributed by atoms with Crippen molar-refractivity contribution in [3.63, 3.8) is 0 Å². The van der Waals surface area contributed by atoms with E-state index in [-0.39, 0.29) is 6.04 Å². The normalized spacial score (nSPS) is 12.4. The van der Waals surface area contributed by atoms with Gasteiger partial charge < -0.3 is 11.1 Å². The minimum absolute atomic E-state index is 0.0616. The van der Waals surface area contributed by atoms with Crippen molar-refractivity contribution in [1.29, 1.82) is 0 Å². The van der Waals surface area contributed by atoms with Gasteiger partial charge in [-0.15, -0.1) is 0 Å². The number of nitrogens with zero attached hydrogens (tertiary/aromatic N) is 2. The Bertz CT molecular complexity index is 492. The van der Waals surface area contributed by atoms with E-state index in [1.54, 1.807) is 0 Å². The highest BCUT2D eigenvalue weighted by atomic mass is 35.5. The van der Waals surface area contributed by atoms with Gasteiger partial charge in [-0.25, -0.2) is 0 Å². The number of hydrogen-bond acceptors (Lipinski definition) is 3. The molecule has 0 radical (unpaired) electrons. The van der Waals surface area contributed by atoms with E-state index in [1.807, 2.05) is 41.3 Å². The summed E-state index contributed by atoms with van der Waals surface area (Å²) >= 11 is 5.86. The first-order valence-corrected chi connectivity index (χ1v) is 6.35. The molecule has 1 unspecified atom stereocenters. The Morgan fingerprint density at radius 3 is 2.67 bits per heavy atom. The summed E-state index contributed by atoms with van der Waals surface area (Å²) in [5.41, 5.74) is 7.90. The van der Waals surface area contributed by atoms with Crippen LogP contribution in [0.2, 0.25) is 5.02 Å². The minimum atomic E-state index is 0.0616. The molecule has 0 aliphatic carbocycles. The summed E-state index contributed by atoms with van der Waals surface area (Å²) in [6.45, 7) is 3.43. The van der Waals surface area contributed by atoms with Crippen LogP contribution < -0.4 is 11.1 Å². The summed E-state index contributed by atoms with van der Waals surface area (Å²) in [6.07, 6.45) is 3.87. The van der Waals surface area contributed by atoms with Gasteiger partial charge in [0.1, 0.15) is 0 Å². The van der Waals surface area contributed by atoms with Gasteiger partial charge >= 0.3 is 0 Å². The molecule has 1 aromatic carbocycles. The molecule has 0 bridgehead atoms. The first kappa shape index (κ1) is 12.9. The molecule has 0 saturated heterocycles. The predicted octanol–water partition coefficient (Wildman–Crippen LogP) is 2.67. The largest absolute Gasteiger partial charge is 0.377 e. The first-order chi connectivity index (χ1) is 8.72. The van der Waals surface area contributed by atoms with Crippen molar-refractivity contribution >= 4 is 17.3 Å². The van der Waals surface area contributed by atoms with E-state index in [4.69, 9.17) is 17.3 Å². The third-order valence-electron chi connectivity index (χ3n) is 2.80. The highest BCUT2D eigenvalue weighted by Crippen LogP contribution is 2.20. The highest BCUT2D eigenvalue weighted by Gasteiger charge is 2.11. The fourth-order valence-corrected chi connectivity index (χ4v) is 1.88. The quantitative estimate of drug-likeness (QED) is 0.873. The lowest BCUT2D eigenvalue weighted by molar-refractivity contribution is 0.658. The van der Waals surface area contributed by atoms with Crippen LogP contribution in [0.1, 0.15) is 18.5 Å². The smallest absolute Gasteiger partial charge is 0.0667 e. The summed E-state index contributed by atoms with van der Waals surface area (Å²) in [4.78, 5) is 0. The number of aryl methyl sites for hydroxylation is 1. The van der Waals surface area contributed by atoms with Crippen molar-refractivity contribution in [2.75, 3.05) is 11.9 Å². The van der Waals surface area contributed by atoms with Gasteiger partial charge in [0.15, 0.2) is 0 Å². The zero-order valence-corrected chi connectivity index (χ0v) is 11.1. The van der Waals surface area contributed by atoms with E-state index in [9.17, 15) is 0 Å². The van der Waals surface area contributed by atoms with Crippen LogP contribution in [0.25, 0.3) is 0 Å². The summed E-state index contributed by atoms with van der Waals surface area (Å²) in [5, 5.41) is 8.36. The molecule has 0 amide bonds. The average molecular weight is 265 g/mol. The van der Waals surface area contributed by atoms with Gasteiger partial charge in [-0.05, 0) is 31.2 Å². The first-order valence-electron chi connectivity index (χ1n) is 5.97. The number of halogens is 1. The van der Waals surface area contributed by atoms with Gasteiger partial charge in [0, 0.05) is 35.6 Å². The predicted molar refractivity (Wildman–Crippen MR) is 74.8 cm³/mol. The molecule has 18 heavy (non-hydrogen) atoms. The lowest BCUT2D eigenvalue weighted by Crippen LogP contribution is -2.20. The lowest BCUT2D eigenvalue weighted by atomic mass is 10.1. The minimum Gasteiger partial charge on any atom is -0.377 e. The van der Waals surface area contributed by atoms with Gasteiger partial charge in [-0.3, -0.25) is 4.68 Å². The number of anilines is 1. The molecule has 2 rings (SSSR count).